The molecule has 7 nitrogen and oxygen atoms in total. The number of esters is 1. The van der Waals surface area contributed by atoms with Gasteiger partial charge in [0.05, 0.1) is 18.6 Å². The van der Waals surface area contributed by atoms with E-state index in [1.54, 1.807) is 44.4 Å². The van der Waals surface area contributed by atoms with Crippen molar-refractivity contribution in [1.29, 1.82) is 0 Å². The predicted octanol–water partition coefficient (Wildman–Crippen LogP) is 5.44. The Bertz CT molecular complexity index is 1610. The molecule has 1 aromatic heterocycles. The van der Waals surface area contributed by atoms with Crippen molar-refractivity contribution in [3.05, 3.63) is 107 Å². The van der Waals surface area contributed by atoms with E-state index in [0.717, 1.165) is 33.3 Å². The number of aromatic nitrogens is 1. The van der Waals surface area contributed by atoms with Gasteiger partial charge in [0.1, 0.15) is 5.75 Å². The van der Waals surface area contributed by atoms with Gasteiger partial charge in [0.15, 0.2) is 0 Å². The highest BCUT2D eigenvalue weighted by Gasteiger charge is 2.20. The molecule has 0 aliphatic heterocycles. The predicted molar refractivity (Wildman–Crippen MR) is 150 cm³/mol. The zero-order valence-electron chi connectivity index (χ0n) is 21.8. The Morgan fingerprint density at radius 1 is 1.00 bits per heavy atom. The van der Waals surface area contributed by atoms with E-state index in [2.05, 4.69) is 4.72 Å². The molecule has 0 bridgehead atoms. The third-order valence-corrected chi connectivity index (χ3v) is 7.50. The van der Waals surface area contributed by atoms with Gasteiger partial charge < -0.3 is 14.0 Å². The normalized spacial score (nSPS) is 12.2. The maximum absolute atomic E-state index is 13.2. The van der Waals surface area contributed by atoms with Crippen molar-refractivity contribution in [2.45, 2.75) is 18.7 Å². The minimum absolute atomic E-state index is 0.161. The van der Waals surface area contributed by atoms with Crippen LogP contribution in [0.25, 0.3) is 22.6 Å². The molecule has 1 N–H and O–H groups in total. The highest BCUT2D eigenvalue weighted by atomic mass is 32.2. The van der Waals surface area contributed by atoms with Crippen LogP contribution < -0.4 is 9.46 Å². The average molecular weight is 531 g/mol. The van der Waals surface area contributed by atoms with Crippen molar-refractivity contribution >= 4 is 38.5 Å². The zero-order valence-corrected chi connectivity index (χ0v) is 22.6. The second-order valence-corrected chi connectivity index (χ2v) is 10.4. The van der Waals surface area contributed by atoms with Gasteiger partial charge >= 0.3 is 5.97 Å². The van der Waals surface area contributed by atoms with E-state index in [9.17, 15) is 13.2 Å². The summed E-state index contributed by atoms with van der Waals surface area (Å²) in [5.41, 5.74) is 4.76. The molecule has 0 amide bonds. The maximum Gasteiger partial charge on any atom is 0.330 e. The Hall–Kier alpha value is -4.30. The fraction of sp³-hybridized carbons (Fsp3) is 0.167. The fourth-order valence-corrected chi connectivity index (χ4v) is 5.12. The van der Waals surface area contributed by atoms with Gasteiger partial charge in [0.2, 0.25) is 0 Å². The van der Waals surface area contributed by atoms with Crippen LogP contribution in [-0.4, -0.2) is 32.7 Å². The van der Waals surface area contributed by atoms with E-state index in [1.807, 2.05) is 67.1 Å². The van der Waals surface area contributed by atoms with Crippen LogP contribution in [0.5, 0.6) is 5.75 Å². The van der Waals surface area contributed by atoms with Gasteiger partial charge in [-0.15, -0.1) is 0 Å². The number of nitrogens with zero attached hydrogens (tertiary/aromatic N) is 1. The Balaban J connectivity index is 1.92. The molecule has 0 spiro atoms. The van der Waals surface area contributed by atoms with Crippen LogP contribution in [0.2, 0.25) is 0 Å². The topological polar surface area (TPSA) is 86.6 Å². The van der Waals surface area contributed by atoms with Gasteiger partial charge in [-0.2, -0.15) is 0 Å². The lowest BCUT2D eigenvalue weighted by Crippen LogP contribution is -2.18. The Kier molecular flexibility index (Phi) is 8.02. The number of hydrogen-bond donors (Lipinski definition) is 1. The second-order valence-electron chi connectivity index (χ2n) is 8.64. The number of sulfonamides is 1. The minimum Gasteiger partial charge on any atom is -0.497 e. The smallest absolute Gasteiger partial charge is 0.330 e. The van der Waals surface area contributed by atoms with Crippen LogP contribution in [0.1, 0.15) is 29.3 Å². The van der Waals surface area contributed by atoms with Crippen LogP contribution in [0.15, 0.2) is 90.0 Å². The lowest BCUT2D eigenvalue weighted by Gasteiger charge is -2.13. The quantitative estimate of drug-likeness (QED) is 0.230. The summed E-state index contributed by atoms with van der Waals surface area (Å²) in [5.74, 6) is 0.215. The van der Waals surface area contributed by atoms with Gasteiger partial charge in [-0.1, -0.05) is 48.0 Å². The average Bonchev–Trinajstić information content (AvgIpc) is 3.19. The minimum atomic E-state index is -3.84. The first kappa shape index (κ1) is 26.8. The molecule has 0 aliphatic carbocycles. The molecule has 38 heavy (non-hydrogen) atoms. The molecular weight excluding hydrogens is 500 g/mol. The fourth-order valence-electron chi connectivity index (χ4n) is 4.22. The van der Waals surface area contributed by atoms with Crippen molar-refractivity contribution in [3.8, 4) is 5.75 Å². The van der Waals surface area contributed by atoms with Crippen molar-refractivity contribution in [2.24, 2.45) is 7.05 Å². The number of carbonyl (C=O) groups excluding carboxylic acids is 1. The van der Waals surface area contributed by atoms with Gasteiger partial charge in [-0.3, -0.25) is 4.72 Å². The van der Waals surface area contributed by atoms with Crippen LogP contribution in [0.4, 0.5) is 0 Å². The largest absolute Gasteiger partial charge is 0.497 e. The third kappa shape index (κ3) is 5.65. The van der Waals surface area contributed by atoms with E-state index in [0.29, 0.717) is 11.3 Å². The lowest BCUT2D eigenvalue weighted by molar-refractivity contribution is -0.137. The standard InChI is InChI=1S/C30H30N2O5S/c1-5-37-29(33)19-18-28-30(25-8-6-7-9-27(25)32(28)3)26(22-12-14-23(36-4)15-13-22)20-31-38(34,35)24-16-10-21(2)11-17-24/h6-20,31H,5H2,1-4H3/b19-18+,26-20?. The van der Waals surface area contributed by atoms with Crippen molar-refractivity contribution < 1.29 is 22.7 Å². The van der Waals surface area contributed by atoms with Gasteiger partial charge in [-0.05, 0) is 55.8 Å². The zero-order chi connectivity index (χ0) is 27.3. The molecule has 8 heteroatoms. The number of benzene rings is 3. The van der Waals surface area contributed by atoms with E-state index in [4.69, 9.17) is 9.47 Å². The molecule has 0 unspecified atom stereocenters. The highest BCUT2D eigenvalue weighted by Crippen LogP contribution is 2.36. The van der Waals surface area contributed by atoms with Gasteiger partial charge in [-0.25, -0.2) is 13.2 Å². The molecule has 0 aliphatic rings. The van der Waals surface area contributed by atoms with Crippen LogP contribution in [-0.2, 0) is 26.6 Å². The van der Waals surface area contributed by atoms with E-state index in [1.165, 1.54) is 12.3 Å². The van der Waals surface area contributed by atoms with Crippen molar-refractivity contribution in [2.75, 3.05) is 13.7 Å². The summed E-state index contributed by atoms with van der Waals surface area (Å²) < 4.78 is 41.4. The first-order valence-electron chi connectivity index (χ1n) is 12.1. The molecule has 0 saturated carbocycles. The summed E-state index contributed by atoms with van der Waals surface area (Å²) in [6.45, 7) is 3.92. The summed E-state index contributed by atoms with van der Waals surface area (Å²) in [6.07, 6.45) is 4.57. The molecule has 1 heterocycles. The van der Waals surface area contributed by atoms with E-state index < -0.39 is 16.0 Å². The van der Waals surface area contributed by atoms with Crippen LogP contribution >= 0.6 is 0 Å². The number of carbonyl (C=O) groups is 1. The van der Waals surface area contributed by atoms with E-state index >= 15 is 0 Å². The monoisotopic (exact) mass is 530 g/mol. The van der Waals surface area contributed by atoms with E-state index in [-0.39, 0.29) is 11.5 Å². The number of rotatable bonds is 9. The van der Waals surface area contributed by atoms with Gasteiger partial charge in [0, 0.05) is 47.1 Å². The molecule has 3 aromatic carbocycles. The molecular formula is C30H30N2O5S. The number of aryl methyl sites for hydroxylation is 2. The summed E-state index contributed by atoms with van der Waals surface area (Å²) in [5, 5.41) is 0.898. The Morgan fingerprint density at radius 3 is 2.34 bits per heavy atom. The summed E-state index contributed by atoms with van der Waals surface area (Å²) in [6, 6.07) is 21.8. The number of fused-ring (bicyclic) bond motifs is 1. The third-order valence-electron chi connectivity index (χ3n) is 6.18. The summed E-state index contributed by atoms with van der Waals surface area (Å²) >= 11 is 0. The molecule has 196 valence electrons. The molecule has 4 aromatic rings. The molecule has 0 fully saturated rings. The highest BCUT2D eigenvalue weighted by molar-refractivity contribution is 7.89. The number of methoxy groups -OCH3 is 1. The molecule has 0 saturated heterocycles. The second kappa shape index (κ2) is 11.4. The Labute approximate surface area is 223 Å². The first-order valence-corrected chi connectivity index (χ1v) is 13.6. The summed E-state index contributed by atoms with van der Waals surface area (Å²) in [7, 11) is -0.354. The SMILES string of the molecule is CCOC(=O)/C=C/c1c(C(=CNS(=O)(=O)c2ccc(C)cc2)c2ccc(OC)cc2)c2ccccc2n1C. The molecule has 0 radical (unpaired) electrons. The van der Waals surface area contributed by atoms with Crippen LogP contribution in [0, 0.1) is 6.92 Å². The number of ether oxygens (including phenoxy) is 2. The Morgan fingerprint density at radius 2 is 1.68 bits per heavy atom. The molecule has 0 atom stereocenters. The van der Waals surface area contributed by atoms with Gasteiger partial charge in [0.25, 0.3) is 10.0 Å². The maximum atomic E-state index is 13.2. The first-order chi connectivity index (χ1) is 18.2. The van der Waals surface area contributed by atoms with Crippen LogP contribution in [0.3, 0.4) is 0 Å². The summed E-state index contributed by atoms with van der Waals surface area (Å²) in [4.78, 5) is 12.3. The van der Waals surface area contributed by atoms with Crippen molar-refractivity contribution in [3.63, 3.8) is 0 Å². The molecule has 4 rings (SSSR count). The number of para-hydroxylation sites is 1. The number of nitrogens with one attached hydrogen (secondary N) is 1. The lowest BCUT2D eigenvalue weighted by atomic mass is 9.95. The number of hydrogen-bond acceptors (Lipinski definition) is 5. The van der Waals surface area contributed by atoms with Crippen molar-refractivity contribution in [1.82, 2.24) is 9.29 Å².